The van der Waals surface area contributed by atoms with E-state index in [1.165, 1.54) is 12.8 Å². The van der Waals surface area contributed by atoms with Crippen molar-refractivity contribution in [1.29, 1.82) is 0 Å². The Kier molecular flexibility index (Phi) is 3.11. The van der Waals surface area contributed by atoms with Gasteiger partial charge in [-0.3, -0.25) is 0 Å². The van der Waals surface area contributed by atoms with Crippen LogP contribution in [0.5, 0.6) is 5.75 Å². The Morgan fingerprint density at radius 1 is 1.20 bits per heavy atom. The normalized spacial score (nSPS) is 19.0. The summed E-state index contributed by atoms with van der Waals surface area (Å²) in [5.41, 5.74) is 1.10. The molecule has 0 unspecified atom stereocenters. The predicted molar refractivity (Wildman–Crippen MR) is 62.2 cm³/mol. The summed E-state index contributed by atoms with van der Waals surface area (Å²) in [7, 11) is 2.16. The minimum absolute atomic E-state index is 0.323. The quantitative estimate of drug-likeness (QED) is 0.725. The number of piperidine rings is 1. The van der Waals surface area contributed by atoms with E-state index in [1.807, 2.05) is 12.1 Å². The predicted octanol–water partition coefficient (Wildman–Crippen LogP) is 1.90. The first-order valence-corrected chi connectivity index (χ1v) is 5.48. The van der Waals surface area contributed by atoms with Crippen LogP contribution in [-0.4, -0.2) is 36.2 Å². The summed E-state index contributed by atoms with van der Waals surface area (Å²) in [6, 6.07) is 7.86. The molecule has 2 N–H and O–H groups in total. The topological polar surface area (TPSA) is 35.5 Å². The van der Waals surface area contributed by atoms with Crippen LogP contribution in [0.25, 0.3) is 0 Å². The van der Waals surface area contributed by atoms with Crippen molar-refractivity contribution in [3.8, 4) is 5.75 Å². The number of aromatic hydroxyl groups is 1. The van der Waals surface area contributed by atoms with Crippen molar-refractivity contribution in [3.05, 3.63) is 24.3 Å². The number of benzene rings is 1. The van der Waals surface area contributed by atoms with Crippen LogP contribution in [0.1, 0.15) is 12.8 Å². The molecular weight excluding hydrogens is 188 g/mol. The fraction of sp³-hybridized carbons (Fsp3) is 0.500. The first-order valence-electron chi connectivity index (χ1n) is 5.48. The SMILES string of the molecule is CN1CCC(Nc2ccc(O)cc2)CC1. The Bertz CT molecular complexity index is 302. The molecular formula is C12H18N2O. The zero-order valence-corrected chi connectivity index (χ0v) is 9.11. The van der Waals surface area contributed by atoms with Gasteiger partial charge < -0.3 is 15.3 Å². The summed E-state index contributed by atoms with van der Waals surface area (Å²) in [4.78, 5) is 2.36. The molecule has 1 heterocycles. The van der Waals surface area contributed by atoms with Crippen LogP contribution in [-0.2, 0) is 0 Å². The minimum atomic E-state index is 0.323. The average Bonchev–Trinajstić information content (AvgIpc) is 2.25. The highest BCUT2D eigenvalue weighted by molar-refractivity contribution is 5.46. The molecule has 1 aromatic carbocycles. The van der Waals surface area contributed by atoms with Gasteiger partial charge in [0.1, 0.15) is 5.75 Å². The Balaban J connectivity index is 1.89. The van der Waals surface area contributed by atoms with Crippen LogP contribution < -0.4 is 5.32 Å². The average molecular weight is 206 g/mol. The summed E-state index contributed by atoms with van der Waals surface area (Å²) < 4.78 is 0. The summed E-state index contributed by atoms with van der Waals surface area (Å²) >= 11 is 0. The molecule has 1 aliphatic rings. The second kappa shape index (κ2) is 4.53. The third-order valence-corrected chi connectivity index (χ3v) is 2.96. The lowest BCUT2D eigenvalue weighted by atomic mass is 10.1. The van der Waals surface area contributed by atoms with Crippen LogP contribution in [0.15, 0.2) is 24.3 Å². The first kappa shape index (κ1) is 10.3. The van der Waals surface area contributed by atoms with Crippen molar-refractivity contribution in [3.63, 3.8) is 0 Å². The summed E-state index contributed by atoms with van der Waals surface area (Å²) in [6.07, 6.45) is 2.38. The van der Waals surface area contributed by atoms with Crippen molar-refractivity contribution < 1.29 is 5.11 Å². The number of nitrogens with zero attached hydrogens (tertiary/aromatic N) is 1. The lowest BCUT2D eigenvalue weighted by Crippen LogP contribution is -2.36. The molecule has 2 rings (SSSR count). The second-order valence-corrected chi connectivity index (χ2v) is 4.27. The zero-order valence-electron chi connectivity index (χ0n) is 9.11. The van der Waals surface area contributed by atoms with Gasteiger partial charge in [-0.2, -0.15) is 0 Å². The largest absolute Gasteiger partial charge is 0.508 e. The van der Waals surface area contributed by atoms with E-state index in [9.17, 15) is 0 Å². The number of phenolic OH excluding ortho intramolecular Hbond substituents is 1. The lowest BCUT2D eigenvalue weighted by Gasteiger charge is -2.30. The maximum Gasteiger partial charge on any atom is 0.115 e. The van der Waals surface area contributed by atoms with E-state index in [0.717, 1.165) is 18.8 Å². The van der Waals surface area contributed by atoms with E-state index in [4.69, 9.17) is 5.11 Å². The van der Waals surface area contributed by atoms with E-state index in [-0.39, 0.29) is 0 Å². The number of hydrogen-bond acceptors (Lipinski definition) is 3. The van der Waals surface area contributed by atoms with Crippen LogP contribution in [0, 0.1) is 0 Å². The van der Waals surface area contributed by atoms with E-state index in [2.05, 4.69) is 17.3 Å². The standard InChI is InChI=1S/C12H18N2O/c1-14-8-6-11(7-9-14)13-10-2-4-12(15)5-3-10/h2-5,11,13,15H,6-9H2,1H3. The molecule has 15 heavy (non-hydrogen) atoms. The summed E-state index contributed by atoms with van der Waals surface area (Å²) in [5, 5.41) is 12.7. The Labute approximate surface area is 90.7 Å². The third-order valence-electron chi connectivity index (χ3n) is 2.96. The van der Waals surface area contributed by atoms with Crippen LogP contribution >= 0.6 is 0 Å². The molecule has 0 saturated carbocycles. The molecule has 1 fully saturated rings. The van der Waals surface area contributed by atoms with Gasteiger partial charge >= 0.3 is 0 Å². The monoisotopic (exact) mass is 206 g/mol. The number of likely N-dealkylation sites (tertiary alicyclic amines) is 1. The molecule has 3 heteroatoms. The van der Waals surface area contributed by atoms with Gasteiger partial charge in [0.15, 0.2) is 0 Å². The lowest BCUT2D eigenvalue weighted by molar-refractivity contribution is 0.264. The highest BCUT2D eigenvalue weighted by Gasteiger charge is 2.15. The van der Waals surface area contributed by atoms with Gasteiger partial charge in [-0.15, -0.1) is 0 Å². The summed E-state index contributed by atoms with van der Waals surface area (Å²) in [6.45, 7) is 2.32. The Morgan fingerprint density at radius 3 is 2.40 bits per heavy atom. The van der Waals surface area contributed by atoms with Crippen molar-refractivity contribution >= 4 is 5.69 Å². The highest BCUT2D eigenvalue weighted by atomic mass is 16.3. The van der Waals surface area contributed by atoms with Crippen molar-refractivity contribution in [2.45, 2.75) is 18.9 Å². The second-order valence-electron chi connectivity index (χ2n) is 4.27. The van der Waals surface area contributed by atoms with Gasteiger partial charge in [-0.1, -0.05) is 0 Å². The van der Waals surface area contributed by atoms with Crippen molar-refractivity contribution in [1.82, 2.24) is 4.90 Å². The Hall–Kier alpha value is -1.22. The van der Waals surface area contributed by atoms with Gasteiger partial charge in [0.25, 0.3) is 0 Å². The molecule has 1 aliphatic heterocycles. The van der Waals surface area contributed by atoms with E-state index in [1.54, 1.807) is 12.1 Å². The number of phenols is 1. The molecule has 0 atom stereocenters. The molecule has 1 saturated heterocycles. The molecule has 0 bridgehead atoms. The van der Waals surface area contributed by atoms with E-state index in [0.29, 0.717) is 11.8 Å². The molecule has 0 spiro atoms. The Morgan fingerprint density at radius 2 is 1.80 bits per heavy atom. The molecule has 0 amide bonds. The number of nitrogens with one attached hydrogen (secondary N) is 1. The molecule has 0 aromatic heterocycles. The maximum absolute atomic E-state index is 9.16. The van der Waals surface area contributed by atoms with Gasteiger partial charge in [-0.05, 0) is 57.2 Å². The van der Waals surface area contributed by atoms with Crippen LogP contribution in [0.2, 0.25) is 0 Å². The van der Waals surface area contributed by atoms with E-state index >= 15 is 0 Å². The smallest absolute Gasteiger partial charge is 0.115 e. The minimum Gasteiger partial charge on any atom is -0.508 e. The molecule has 0 aliphatic carbocycles. The molecule has 82 valence electrons. The first-order chi connectivity index (χ1) is 7.24. The zero-order chi connectivity index (χ0) is 10.7. The van der Waals surface area contributed by atoms with Crippen LogP contribution in [0.3, 0.4) is 0 Å². The van der Waals surface area contributed by atoms with Gasteiger partial charge in [0.2, 0.25) is 0 Å². The fourth-order valence-corrected chi connectivity index (χ4v) is 1.95. The maximum atomic E-state index is 9.16. The van der Waals surface area contributed by atoms with Gasteiger partial charge in [-0.25, -0.2) is 0 Å². The van der Waals surface area contributed by atoms with E-state index < -0.39 is 0 Å². The van der Waals surface area contributed by atoms with Crippen molar-refractivity contribution in [2.24, 2.45) is 0 Å². The van der Waals surface area contributed by atoms with Gasteiger partial charge in [0.05, 0.1) is 0 Å². The molecule has 3 nitrogen and oxygen atoms in total. The van der Waals surface area contributed by atoms with Crippen LogP contribution in [0.4, 0.5) is 5.69 Å². The third kappa shape index (κ3) is 2.86. The summed E-state index contributed by atoms with van der Waals surface area (Å²) in [5.74, 6) is 0.323. The highest BCUT2D eigenvalue weighted by Crippen LogP contribution is 2.18. The number of anilines is 1. The van der Waals surface area contributed by atoms with Crippen molar-refractivity contribution in [2.75, 3.05) is 25.5 Å². The van der Waals surface area contributed by atoms with Gasteiger partial charge in [0, 0.05) is 11.7 Å². The number of hydrogen-bond donors (Lipinski definition) is 2. The number of rotatable bonds is 2. The molecule has 1 aromatic rings. The fourth-order valence-electron chi connectivity index (χ4n) is 1.95. The molecule has 0 radical (unpaired) electrons.